The van der Waals surface area contributed by atoms with Crippen LogP contribution in [0.15, 0.2) is 18.2 Å². The molecule has 14 nitrogen and oxygen atoms in total. The van der Waals surface area contributed by atoms with Crippen LogP contribution < -0.4 is 4.74 Å². The molecule has 0 unspecified atom stereocenters. The number of rotatable bonds is 8. The molecule has 2 aliphatic carbocycles. The predicted molar refractivity (Wildman–Crippen MR) is 166 cm³/mol. The summed E-state index contributed by atoms with van der Waals surface area (Å²) in [6.07, 6.45) is -4.85. The van der Waals surface area contributed by atoms with E-state index in [2.05, 4.69) is 17.5 Å². The third kappa shape index (κ3) is 5.15. The minimum atomic E-state index is -2.24. The van der Waals surface area contributed by atoms with Gasteiger partial charge in [-0.15, -0.1) is 0 Å². The summed E-state index contributed by atoms with van der Waals surface area (Å²) >= 11 is 4.15. The molecular weight excluding hydrogens is 650 g/mol. The molecule has 48 heavy (non-hydrogen) atoms. The van der Waals surface area contributed by atoms with E-state index in [9.17, 15) is 34.8 Å². The van der Waals surface area contributed by atoms with Crippen molar-refractivity contribution in [2.45, 2.75) is 74.9 Å². The van der Waals surface area contributed by atoms with E-state index in [0.717, 1.165) is 0 Å². The number of Topliss-reactive ketones (excluding diaryl/α,β-unsaturated/α-hetero) is 1. The normalized spacial score (nSPS) is 32.6. The number of carbonyl (C=O) groups excluding carboxylic acids is 3. The minimum absolute atomic E-state index is 0.0424. The SMILES string of the molecule is CO[C@H]1OCCN2[C@@H]1O[C@@H]1[C@H](C)O[C@@H](O[C@H]3C[C@](O)(C(=O)CO)Cc4c(O)c5c(c(O)c43)C(=O)c3c(OCCS)cccc3C5=O)C[C@@H]12. The van der Waals surface area contributed by atoms with Crippen LogP contribution in [0, 0.1) is 0 Å². The van der Waals surface area contributed by atoms with Crippen LogP contribution in [-0.2, 0) is 34.9 Å². The lowest BCUT2D eigenvalue weighted by molar-refractivity contribution is -0.256. The smallest absolute Gasteiger partial charge is 0.202 e. The molecule has 8 atom stereocenters. The summed E-state index contributed by atoms with van der Waals surface area (Å²) < 4.78 is 35.8. The van der Waals surface area contributed by atoms with Crippen molar-refractivity contribution in [3.63, 3.8) is 0 Å². The molecule has 0 spiro atoms. The number of aromatic hydroxyl groups is 2. The second-order valence-corrected chi connectivity index (χ2v) is 13.1. The number of carbonyl (C=O) groups is 3. The fourth-order valence-corrected chi connectivity index (χ4v) is 7.89. The van der Waals surface area contributed by atoms with Gasteiger partial charge in [0, 0.05) is 61.4 Å². The van der Waals surface area contributed by atoms with Gasteiger partial charge in [-0.05, 0) is 13.0 Å². The topological polar surface area (TPSA) is 191 Å². The van der Waals surface area contributed by atoms with Gasteiger partial charge in [-0.3, -0.25) is 19.3 Å². The molecule has 0 radical (unpaired) electrons. The van der Waals surface area contributed by atoms with Crippen molar-refractivity contribution < 1.29 is 63.2 Å². The number of aliphatic hydroxyl groups excluding tert-OH is 1. The standard InChI is InChI=1S/C33H37NO13S/c1-14-30-17(34-6-7-44-32(42-2)31(34)47-30)10-21(45-14)46-19-12-33(41,20(36)13-35)11-16-23(19)29(40)25-24(27(16)38)26(37)15-4-3-5-18(43-8-9-48)22(15)28(25)39/h3-5,14,17,19,21,30-32,35,38,40-41,48H,6-13H2,1-2H3/t14-,17-,19-,21-,30+,31+,32-,33-/m0/s1. The largest absolute Gasteiger partial charge is 0.507 e. The first kappa shape index (κ1) is 33.4. The van der Waals surface area contributed by atoms with Crippen LogP contribution in [0.4, 0.5) is 0 Å². The molecule has 2 aromatic carbocycles. The van der Waals surface area contributed by atoms with E-state index in [4.69, 9.17) is 28.4 Å². The number of thiol groups is 1. The van der Waals surface area contributed by atoms with E-state index < -0.39 is 96.0 Å². The first-order chi connectivity index (χ1) is 23.0. The maximum atomic E-state index is 14.1. The molecule has 3 fully saturated rings. The highest BCUT2D eigenvalue weighted by Gasteiger charge is 2.55. The van der Waals surface area contributed by atoms with Crippen LogP contribution >= 0.6 is 12.6 Å². The number of aliphatic hydroxyl groups is 2. The molecule has 0 amide bonds. The first-order valence-electron chi connectivity index (χ1n) is 15.8. The number of fused-ring (bicyclic) bond motifs is 6. The quantitative estimate of drug-likeness (QED) is 0.167. The summed E-state index contributed by atoms with van der Waals surface area (Å²) in [6, 6.07) is 4.29. The zero-order valence-electron chi connectivity index (χ0n) is 26.3. The molecule has 0 bridgehead atoms. The molecule has 4 N–H and O–H groups in total. The fourth-order valence-electron chi connectivity index (χ4n) is 7.80. The Balaban J connectivity index is 1.29. The number of hydrogen-bond acceptors (Lipinski definition) is 15. The van der Waals surface area contributed by atoms with Crippen LogP contribution in [0.1, 0.15) is 68.8 Å². The number of morpholine rings is 1. The highest BCUT2D eigenvalue weighted by atomic mass is 32.1. The van der Waals surface area contributed by atoms with Crippen molar-refractivity contribution in [3.05, 3.63) is 51.6 Å². The molecule has 0 aromatic heterocycles. The number of hydrogen-bond donors (Lipinski definition) is 5. The van der Waals surface area contributed by atoms with E-state index in [1.807, 2.05) is 6.92 Å². The van der Waals surface area contributed by atoms with Crippen molar-refractivity contribution >= 4 is 30.0 Å². The Bertz CT molecular complexity index is 1670. The van der Waals surface area contributed by atoms with Gasteiger partial charge in [-0.2, -0.15) is 12.6 Å². The van der Waals surface area contributed by atoms with Crippen molar-refractivity contribution in [2.24, 2.45) is 0 Å². The van der Waals surface area contributed by atoms with Crippen LogP contribution in [-0.4, -0.2) is 125 Å². The summed E-state index contributed by atoms with van der Waals surface area (Å²) in [4.78, 5) is 42.9. The zero-order chi connectivity index (χ0) is 34.1. The summed E-state index contributed by atoms with van der Waals surface area (Å²) in [5.41, 5.74) is -3.47. The van der Waals surface area contributed by atoms with E-state index in [1.165, 1.54) is 25.3 Å². The van der Waals surface area contributed by atoms with E-state index in [0.29, 0.717) is 18.9 Å². The monoisotopic (exact) mass is 687 g/mol. The van der Waals surface area contributed by atoms with Crippen molar-refractivity contribution in [1.29, 1.82) is 0 Å². The Morgan fingerprint density at radius 1 is 1.12 bits per heavy atom. The average Bonchev–Trinajstić information content (AvgIpc) is 3.46. The number of phenols is 2. The van der Waals surface area contributed by atoms with Gasteiger partial charge in [-0.1, -0.05) is 12.1 Å². The second-order valence-electron chi connectivity index (χ2n) is 12.6. The maximum Gasteiger partial charge on any atom is 0.202 e. The van der Waals surface area contributed by atoms with Gasteiger partial charge < -0.3 is 48.8 Å². The molecular formula is C33H37NO13S. The van der Waals surface area contributed by atoms with Crippen LogP contribution in [0.2, 0.25) is 0 Å². The third-order valence-corrected chi connectivity index (χ3v) is 10.2. The number of benzene rings is 2. The van der Waals surface area contributed by atoms with Crippen LogP contribution in [0.3, 0.4) is 0 Å². The Morgan fingerprint density at radius 2 is 1.90 bits per heavy atom. The summed E-state index contributed by atoms with van der Waals surface area (Å²) in [7, 11) is 1.54. The van der Waals surface area contributed by atoms with Crippen molar-refractivity contribution in [2.75, 3.05) is 39.2 Å². The van der Waals surface area contributed by atoms with E-state index in [-0.39, 0.29) is 53.2 Å². The average molecular weight is 688 g/mol. The number of methoxy groups -OCH3 is 1. The maximum absolute atomic E-state index is 14.1. The van der Waals surface area contributed by atoms with Crippen LogP contribution in [0.5, 0.6) is 17.2 Å². The lowest BCUT2D eigenvalue weighted by Crippen LogP contribution is -2.55. The molecule has 7 rings (SSSR count). The van der Waals surface area contributed by atoms with Crippen molar-refractivity contribution in [3.8, 4) is 17.2 Å². The molecule has 3 saturated heterocycles. The van der Waals surface area contributed by atoms with Gasteiger partial charge >= 0.3 is 0 Å². The number of nitrogens with zero attached hydrogens (tertiary/aromatic N) is 1. The minimum Gasteiger partial charge on any atom is -0.507 e. The van der Waals surface area contributed by atoms with E-state index in [1.54, 1.807) is 0 Å². The van der Waals surface area contributed by atoms with Crippen molar-refractivity contribution in [1.82, 2.24) is 4.90 Å². The predicted octanol–water partition coefficient (Wildman–Crippen LogP) is 1.01. The Labute approximate surface area is 280 Å². The van der Waals surface area contributed by atoms with Gasteiger partial charge in [0.1, 0.15) is 35.6 Å². The summed E-state index contributed by atoms with van der Waals surface area (Å²) in [6.45, 7) is 1.95. The fraction of sp³-hybridized carbons (Fsp3) is 0.545. The van der Waals surface area contributed by atoms with E-state index >= 15 is 0 Å². The highest BCUT2D eigenvalue weighted by molar-refractivity contribution is 7.80. The first-order valence-corrected chi connectivity index (χ1v) is 16.5. The molecule has 5 aliphatic rings. The lowest BCUT2D eigenvalue weighted by atomic mass is 9.72. The summed E-state index contributed by atoms with van der Waals surface area (Å²) in [5.74, 6) is -3.30. The molecule has 3 heterocycles. The van der Waals surface area contributed by atoms with Gasteiger partial charge in [0.05, 0.1) is 42.1 Å². The van der Waals surface area contributed by atoms with Crippen LogP contribution in [0.25, 0.3) is 0 Å². The van der Waals surface area contributed by atoms with Gasteiger partial charge in [0.2, 0.25) is 5.78 Å². The molecule has 258 valence electrons. The number of ether oxygens (including phenoxy) is 6. The Morgan fingerprint density at radius 3 is 2.62 bits per heavy atom. The van der Waals surface area contributed by atoms with Gasteiger partial charge in [0.15, 0.2) is 30.4 Å². The molecule has 0 saturated carbocycles. The molecule has 2 aromatic rings. The lowest BCUT2D eigenvalue weighted by Gasteiger charge is -2.43. The Kier molecular flexibility index (Phi) is 8.79. The molecule has 15 heteroatoms. The number of phenolic OH excluding ortho intramolecular Hbond substituents is 2. The van der Waals surface area contributed by atoms with Gasteiger partial charge in [0.25, 0.3) is 0 Å². The number of ketones is 3. The third-order valence-electron chi connectivity index (χ3n) is 9.97. The highest BCUT2D eigenvalue weighted by Crippen LogP contribution is 2.53. The summed E-state index contributed by atoms with van der Waals surface area (Å²) in [5, 5.41) is 44.8. The zero-order valence-corrected chi connectivity index (χ0v) is 27.2. The Hall–Kier alpha value is -3.12. The second kappa shape index (κ2) is 12.6. The molecule has 3 aliphatic heterocycles. The van der Waals surface area contributed by atoms with Gasteiger partial charge in [-0.25, -0.2) is 0 Å².